The van der Waals surface area contributed by atoms with Crippen molar-refractivity contribution in [2.75, 3.05) is 0 Å². The van der Waals surface area contributed by atoms with E-state index in [1.807, 2.05) is 48.7 Å². The lowest BCUT2D eigenvalue weighted by atomic mass is 10.0. The van der Waals surface area contributed by atoms with E-state index in [0.717, 1.165) is 22.3 Å². The van der Waals surface area contributed by atoms with E-state index < -0.39 is 0 Å². The van der Waals surface area contributed by atoms with Gasteiger partial charge in [-0.3, -0.25) is 0 Å². The largest absolute Gasteiger partial charge is 0.471 e. The molecule has 0 spiro atoms. The van der Waals surface area contributed by atoms with Crippen LogP contribution in [0.1, 0.15) is 25.3 Å². The van der Waals surface area contributed by atoms with Gasteiger partial charge >= 0.3 is 0 Å². The highest BCUT2D eigenvalue weighted by molar-refractivity contribution is 5.91. The Balaban J connectivity index is 1.36. The molecule has 0 saturated heterocycles. The molecule has 0 atom stereocenters. The average Bonchev–Trinajstić information content (AvgIpc) is 3.39. The molecule has 0 saturated carbocycles. The standard InChI is InChI=1S/C22H20N6O/c1-15(2)16-7-9-17(10-8-16)29-14-27-12-11-20(25-27)21-24-22-18-5-3-4-6-19(18)23-13-28(22)26-21/h3-13,15H,14H2,1-2H3. The minimum absolute atomic E-state index is 0.318. The molecule has 0 fully saturated rings. The second-order valence-electron chi connectivity index (χ2n) is 7.20. The Bertz CT molecular complexity index is 1290. The van der Waals surface area contributed by atoms with Gasteiger partial charge in [-0.15, -0.1) is 5.10 Å². The van der Waals surface area contributed by atoms with E-state index in [-0.39, 0.29) is 0 Å². The number of benzene rings is 2. The van der Waals surface area contributed by atoms with E-state index in [1.54, 1.807) is 15.5 Å². The van der Waals surface area contributed by atoms with Gasteiger partial charge in [0.15, 0.2) is 12.4 Å². The molecule has 0 radical (unpaired) electrons. The molecule has 29 heavy (non-hydrogen) atoms. The summed E-state index contributed by atoms with van der Waals surface area (Å²) in [5.41, 5.74) is 3.64. The summed E-state index contributed by atoms with van der Waals surface area (Å²) in [5, 5.41) is 10.0. The van der Waals surface area contributed by atoms with Crippen molar-refractivity contribution in [2.24, 2.45) is 0 Å². The third kappa shape index (κ3) is 3.31. The maximum atomic E-state index is 5.84. The number of hydrogen-bond acceptors (Lipinski definition) is 5. The molecule has 7 nitrogen and oxygen atoms in total. The average molecular weight is 384 g/mol. The Morgan fingerprint density at radius 2 is 1.79 bits per heavy atom. The van der Waals surface area contributed by atoms with Crippen molar-refractivity contribution in [3.63, 3.8) is 0 Å². The van der Waals surface area contributed by atoms with E-state index in [2.05, 4.69) is 46.1 Å². The van der Waals surface area contributed by atoms with E-state index in [4.69, 9.17) is 4.74 Å². The van der Waals surface area contributed by atoms with Crippen molar-refractivity contribution in [3.05, 3.63) is 72.7 Å². The topological polar surface area (TPSA) is 70.1 Å². The van der Waals surface area contributed by atoms with Gasteiger partial charge in [0.25, 0.3) is 0 Å². The van der Waals surface area contributed by atoms with Gasteiger partial charge in [0.2, 0.25) is 5.82 Å². The summed E-state index contributed by atoms with van der Waals surface area (Å²) >= 11 is 0. The van der Waals surface area contributed by atoms with Crippen LogP contribution < -0.4 is 4.74 Å². The van der Waals surface area contributed by atoms with Gasteiger partial charge < -0.3 is 4.74 Å². The molecular formula is C22H20N6O. The molecule has 7 heteroatoms. The molecule has 0 aliphatic carbocycles. The Kier molecular flexibility index (Phi) is 4.20. The highest BCUT2D eigenvalue weighted by Crippen LogP contribution is 2.21. The first kappa shape index (κ1) is 17.4. The smallest absolute Gasteiger partial charge is 0.202 e. The zero-order chi connectivity index (χ0) is 19.8. The summed E-state index contributed by atoms with van der Waals surface area (Å²) in [6.07, 6.45) is 3.54. The highest BCUT2D eigenvalue weighted by Gasteiger charge is 2.12. The number of rotatable bonds is 5. The van der Waals surface area contributed by atoms with Crippen LogP contribution in [0.3, 0.4) is 0 Å². The summed E-state index contributed by atoms with van der Waals surface area (Å²) < 4.78 is 9.25. The van der Waals surface area contributed by atoms with Crippen molar-refractivity contribution in [2.45, 2.75) is 26.5 Å². The quantitative estimate of drug-likeness (QED) is 0.452. The van der Waals surface area contributed by atoms with E-state index >= 15 is 0 Å². The predicted molar refractivity (Wildman–Crippen MR) is 111 cm³/mol. The van der Waals surface area contributed by atoms with Gasteiger partial charge in [-0.2, -0.15) is 5.10 Å². The van der Waals surface area contributed by atoms with Crippen LogP contribution in [0.15, 0.2) is 67.1 Å². The van der Waals surface area contributed by atoms with Crippen LogP contribution in [-0.4, -0.2) is 29.4 Å². The second kappa shape index (κ2) is 7.01. The van der Waals surface area contributed by atoms with E-state index in [1.165, 1.54) is 5.56 Å². The molecule has 5 rings (SSSR count). The van der Waals surface area contributed by atoms with Crippen molar-refractivity contribution < 1.29 is 4.74 Å². The van der Waals surface area contributed by atoms with Gasteiger partial charge in [0.1, 0.15) is 17.8 Å². The number of para-hydroxylation sites is 1. The minimum Gasteiger partial charge on any atom is -0.471 e. The number of fused-ring (bicyclic) bond motifs is 3. The molecule has 144 valence electrons. The first-order chi connectivity index (χ1) is 14.2. The maximum absolute atomic E-state index is 5.84. The van der Waals surface area contributed by atoms with Gasteiger partial charge in [0, 0.05) is 11.6 Å². The SMILES string of the molecule is CC(C)c1ccc(OCn2ccc(-c3nc4c5ccccc5ncn4n3)n2)cc1. The zero-order valence-corrected chi connectivity index (χ0v) is 16.2. The van der Waals surface area contributed by atoms with Gasteiger partial charge in [-0.25, -0.2) is 19.2 Å². The monoisotopic (exact) mass is 384 g/mol. The lowest BCUT2D eigenvalue weighted by Gasteiger charge is -2.08. The Morgan fingerprint density at radius 3 is 2.62 bits per heavy atom. The molecule has 0 aliphatic heterocycles. The van der Waals surface area contributed by atoms with E-state index in [9.17, 15) is 0 Å². The van der Waals surface area contributed by atoms with Crippen molar-refractivity contribution in [1.29, 1.82) is 0 Å². The van der Waals surface area contributed by atoms with Gasteiger partial charge in [-0.1, -0.05) is 38.1 Å². The summed E-state index contributed by atoms with van der Waals surface area (Å²) in [6, 6.07) is 17.9. The molecule has 5 aromatic rings. The van der Waals surface area contributed by atoms with Crippen molar-refractivity contribution in [1.82, 2.24) is 29.4 Å². The summed E-state index contributed by atoms with van der Waals surface area (Å²) in [6.45, 7) is 4.67. The fourth-order valence-corrected chi connectivity index (χ4v) is 3.23. The number of ether oxygens (including phenoxy) is 1. The third-order valence-electron chi connectivity index (χ3n) is 4.86. The molecule has 2 aromatic carbocycles. The Labute approximate surface area is 167 Å². The Morgan fingerprint density at radius 1 is 0.966 bits per heavy atom. The van der Waals surface area contributed by atoms with Crippen molar-refractivity contribution in [3.8, 4) is 17.3 Å². The van der Waals surface area contributed by atoms with Crippen LogP contribution in [0.5, 0.6) is 5.75 Å². The number of hydrogen-bond donors (Lipinski definition) is 0. The van der Waals surface area contributed by atoms with Crippen LogP contribution in [0.25, 0.3) is 28.1 Å². The van der Waals surface area contributed by atoms with Crippen molar-refractivity contribution >= 4 is 16.6 Å². The number of nitrogens with zero attached hydrogens (tertiary/aromatic N) is 6. The van der Waals surface area contributed by atoms with Gasteiger partial charge in [-0.05, 0) is 41.8 Å². The van der Waals surface area contributed by atoms with Gasteiger partial charge in [0.05, 0.1) is 5.52 Å². The summed E-state index contributed by atoms with van der Waals surface area (Å²) in [7, 11) is 0. The molecule has 3 heterocycles. The molecule has 0 N–H and O–H groups in total. The first-order valence-corrected chi connectivity index (χ1v) is 9.54. The van der Waals surface area contributed by atoms with Crippen LogP contribution >= 0.6 is 0 Å². The zero-order valence-electron chi connectivity index (χ0n) is 16.2. The predicted octanol–water partition coefficient (Wildman–Crippen LogP) is 4.30. The molecule has 0 bridgehead atoms. The summed E-state index contributed by atoms with van der Waals surface area (Å²) in [4.78, 5) is 9.08. The highest BCUT2D eigenvalue weighted by atomic mass is 16.5. The molecule has 0 unspecified atom stereocenters. The first-order valence-electron chi connectivity index (χ1n) is 9.54. The normalized spacial score (nSPS) is 11.6. The molecular weight excluding hydrogens is 364 g/mol. The van der Waals surface area contributed by atoms with Crippen LogP contribution in [0, 0.1) is 0 Å². The fraction of sp³-hybridized carbons (Fsp3) is 0.182. The minimum atomic E-state index is 0.318. The van der Waals surface area contributed by atoms with Crippen LogP contribution in [0.2, 0.25) is 0 Å². The summed E-state index contributed by atoms with van der Waals surface area (Å²) in [5.74, 6) is 1.88. The fourth-order valence-electron chi connectivity index (χ4n) is 3.23. The third-order valence-corrected chi connectivity index (χ3v) is 4.86. The molecule has 0 amide bonds. The number of aromatic nitrogens is 6. The van der Waals surface area contributed by atoms with Crippen LogP contribution in [-0.2, 0) is 6.73 Å². The lowest BCUT2D eigenvalue weighted by molar-refractivity contribution is 0.221. The maximum Gasteiger partial charge on any atom is 0.202 e. The lowest BCUT2D eigenvalue weighted by Crippen LogP contribution is -2.06. The second-order valence-corrected chi connectivity index (χ2v) is 7.20. The Hall–Kier alpha value is -3.74. The molecule has 0 aliphatic rings. The van der Waals surface area contributed by atoms with E-state index in [0.29, 0.717) is 24.2 Å². The van der Waals surface area contributed by atoms with Crippen LogP contribution in [0.4, 0.5) is 0 Å². The molecule has 3 aromatic heterocycles.